The Morgan fingerprint density at radius 1 is 0.239 bits per heavy atom. The SMILES string of the molecule is COC(=O)c1cccc(-n2ccc(-c3cccc(C(=O)O)c3)n2)c1.COc1ccc(-n2ccc(-c3cccc(C(=O)O)c3)n2)cc1.COc1ccc(-n2ccc(-c3cccc(C(=O)O)c3)n2)cc1.COc1cccc(-n2ccc(-c3cccc(C(=O)O)c3)n2)c1.COc1cccc(-n2ccc(-c3cccc(C(=O)O)c3)n2)c1.Cc1ccc(-n2ccc(-c3cccc(C(=O)O)c3)n2)cc1F. The lowest BCUT2D eigenvalue weighted by Crippen LogP contribution is -2.03. The number of hydrogen-bond acceptors (Lipinski definition) is 18. The number of carboxylic acids is 6. The molecular weight excluding hydrogens is 1710 g/mol. The molecule has 0 radical (unpaired) electrons. The number of methoxy groups -OCH3 is 5. The molecule has 0 aliphatic rings. The van der Waals surface area contributed by atoms with Crippen LogP contribution in [0, 0.1) is 12.7 Å². The van der Waals surface area contributed by atoms with Gasteiger partial charge in [0.1, 0.15) is 28.8 Å². The van der Waals surface area contributed by atoms with Gasteiger partial charge in [-0.2, -0.15) is 30.6 Å². The molecule has 0 bridgehead atoms. The second-order valence-corrected chi connectivity index (χ2v) is 29.0. The molecule has 670 valence electrons. The van der Waals surface area contributed by atoms with Crippen LogP contribution in [0.1, 0.15) is 78.1 Å². The number of aromatic carboxylic acids is 6. The number of carbonyl (C=O) groups excluding carboxylic acids is 1. The summed E-state index contributed by atoms with van der Waals surface area (Å²) in [6.07, 6.45) is 10.8. The van der Waals surface area contributed by atoms with Crippen molar-refractivity contribution in [3.8, 4) is 125 Å². The molecule has 6 aromatic heterocycles. The Hall–Kier alpha value is -18.7. The van der Waals surface area contributed by atoms with Crippen molar-refractivity contribution in [2.24, 2.45) is 0 Å². The van der Waals surface area contributed by atoms with Gasteiger partial charge in [-0.05, 0) is 225 Å². The second kappa shape index (κ2) is 43.7. The fraction of sp³-hybridized carbons (Fsp3) is 0.0583. The van der Waals surface area contributed by atoms with Crippen LogP contribution in [-0.4, -0.2) is 167 Å². The summed E-state index contributed by atoms with van der Waals surface area (Å²) < 4.78 is 49.1. The van der Waals surface area contributed by atoms with Crippen molar-refractivity contribution in [3.63, 3.8) is 0 Å². The third-order valence-corrected chi connectivity index (χ3v) is 20.2. The molecule has 0 unspecified atom stereocenters. The molecule has 18 rings (SSSR count). The largest absolute Gasteiger partial charge is 0.497 e. The van der Waals surface area contributed by atoms with E-state index in [1.54, 1.807) is 228 Å². The molecule has 0 amide bonds. The molecule has 0 saturated heterocycles. The monoisotopic (exact) mass is 1790 g/mol. The maximum atomic E-state index is 13.6. The Labute approximate surface area is 764 Å². The Bertz CT molecular complexity index is 6960. The summed E-state index contributed by atoms with van der Waals surface area (Å²) in [6, 6.07) is 92.9. The molecule has 31 heteroatoms. The van der Waals surface area contributed by atoms with E-state index >= 15 is 0 Å². The van der Waals surface area contributed by atoms with Crippen LogP contribution in [0.2, 0.25) is 0 Å². The van der Waals surface area contributed by atoms with Crippen molar-refractivity contribution in [1.29, 1.82) is 0 Å². The molecule has 0 saturated carbocycles. The molecule has 134 heavy (non-hydrogen) atoms. The van der Waals surface area contributed by atoms with Gasteiger partial charge in [-0.1, -0.05) is 97.1 Å². The number of benzene rings is 12. The van der Waals surface area contributed by atoms with Crippen LogP contribution in [0.4, 0.5) is 4.39 Å². The lowest BCUT2D eigenvalue weighted by atomic mass is 10.1. The summed E-state index contributed by atoms with van der Waals surface area (Å²) in [5.74, 6) is -3.40. The van der Waals surface area contributed by atoms with Crippen molar-refractivity contribution < 1.29 is 92.3 Å². The van der Waals surface area contributed by atoms with E-state index in [9.17, 15) is 38.0 Å². The summed E-state index contributed by atoms with van der Waals surface area (Å²) in [7, 11) is 7.81. The standard InChI is InChI=1S/C18H14N2O4.C17H13FN2O2.4C17H14N2O3/c1-24-18(23)14-6-3-7-15(11-14)20-9-8-16(19-20)12-4-2-5-13(10-12)17(21)22;1-11-5-6-14(10-15(11)18)20-8-7-16(19-20)12-3-2-4-13(9-12)17(21)22;2*1-22-15-7-3-6-14(11-15)19-9-8-16(18-19)12-4-2-5-13(10-12)17(20)21;2*1-22-15-7-5-14(6-8-15)19-10-9-16(18-19)12-3-2-4-13(11-12)17(20)21/h2-11H,1H3,(H,21,22);2-10H,1H3,(H,21,22);4*2-11H,1H3,(H,20,21). The van der Waals surface area contributed by atoms with Gasteiger partial charge in [0.25, 0.3) is 0 Å². The first-order chi connectivity index (χ1) is 64.8. The van der Waals surface area contributed by atoms with Gasteiger partial charge in [0.15, 0.2) is 0 Å². The van der Waals surface area contributed by atoms with Crippen LogP contribution < -0.4 is 18.9 Å². The fourth-order valence-electron chi connectivity index (χ4n) is 13.2. The number of hydrogen-bond donors (Lipinski definition) is 6. The zero-order valence-corrected chi connectivity index (χ0v) is 72.4. The van der Waals surface area contributed by atoms with Gasteiger partial charge in [-0.3, -0.25) is 0 Å². The summed E-state index contributed by atoms with van der Waals surface area (Å²) in [4.78, 5) is 77.9. The summed E-state index contributed by atoms with van der Waals surface area (Å²) in [5.41, 5.74) is 15.9. The molecule has 0 fully saturated rings. The van der Waals surface area contributed by atoms with E-state index < -0.39 is 41.8 Å². The van der Waals surface area contributed by atoms with Gasteiger partial charge in [0.05, 0.1) is 143 Å². The van der Waals surface area contributed by atoms with Crippen LogP contribution in [0.3, 0.4) is 0 Å². The van der Waals surface area contributed by atoms with Gasteiger partial charge in [-0.15, -0.1) is 0 Å². The number of ether oxygens (including phenoxy) is 5. The molecule has 6 heterocycles. The Kier molecular flexibility index (Phi) is 30.3. The highest BCUT2D eigenvalue weighted by Gasteiger charge is 2.18. The Balaban J connectivity index is 0.000000136. The number of esters is 1. The number of aryl methyl sites for hydroxylation is 1. The maximum absolute atomic E-state index is 13.6. The first kappa shape index (κ1) is 93.0. The fourth-order valence-corrected chi connectivity index (χ4v) is 13.2. The summed E-state index contributed by atoms with van der Waals surface area (Å²) in [6.45, 7) is 1.70. The minimum Gasteiger partial charge on any atom is -0.497 e. The Morgan fingerprint density at radius 3 is 0.709 bits per heavy atom. The molecule has 0 aliphatic heterocycles. The molecule has 30 nitrogen and oxygen atoms in total. The minimum atomic E-state index is -0.984. The number of aromatic nitrogens is 12. The number of rotatable bonds is 23. The first-order valence-electron chi connectivity index (χ1n) is 40.7. The number of nitrogens with zero attached hydrogens (tertiary/aromatic N) is 12. The van der Waals surface area contributed by atoms with Gasteiger partial charge < -0.3 is 54.3 Å². The highest BCUT2D eigenvalue weighted by molar-refractivity contribution is 5.93. The topological polar surface area (TPSA) is 394 Å². The molecule has 12 aromatic carbocycles. The van der Waals surface area contributed by atoms with E-state index in [-0.39, 0.29) is 39.2 Å². The van der Waals surface area contributed by atoms with Crippen LogP contribution >= 0.6 is 0 Å². The van der Waals surface area contributed by atoms with E-state index in [4.69, 9.17) is 54.3 Å². The van der Waals surface area contributed by atoms with Crippen molar-refractivity contribution >= 4 is 41.8 Å². The zero-order chi connectivity index (χ0) is 94.9. The van der Waals surface area contributed by atoms with Crippen molar-refractivity contribution in [1.82, 2.24) is 58.7 Å². The van der Waals surface area contributed by atoms with E-state index in [1.165, 1.54) is 25.3 Å². The van der Waals surface area contributed by atoms with Crippen LogP contribution in [0.25, 0.3) is 102 Å². The molecule has 18 aromatic rings. The lowest BCUT2D eigenvalue weighted by molar-refractivity contribution is 0.0597. The predicted molar refractivity (Wildman–Crippen MR) is 498 cm³/mol. The highest BCUT2D eigenvalue weighted by atomic mass is 19.1. The average molecular weight is 1800 g/mol. The van der Waals surface area contributed by atoms with Crippen LogP contribution in [0.15, 0.2) is 359 Å². The van der Waals surface area contributed by atoms with E-state index in [2.05, 4.69) is 30.6 Å². The molecule has 0 aliphatic carbocycles. The molecule has 0 atom stereocenters. The van der Waals surface area contributed by atoms with Crippen molar-refractivity contribution in [2.45, 2.75) is 6.92 Å². The quantitative estimate of drug-likeness (QED) is 0.0324. The third-order valence-electron chi connectivity index (χ3n) is 20.2. The van der Waals surface area contributed by atoms with Crippen LogP contribution in [0.5, 0.6) is 23.0 Å². The zero-order valence-electron chi connectivity index (χ0n) is 72.4. The third kappa shape index (κ3) is 23.9. The van der Waals surface area contributed by atoms with Gasteiger partial charge in [0, 0.05) is 82.7 Å². The molecular formula is C103H83FN12O18. The number of halogens is 1. The predicted octanol–water partition coefficient (Wildman–Crippen LogP) is 19.7. The van der Waals surface area contributed by atoms with Crippen molar-refractivity contribution in [2.75, 3.05) is 35.5 Å². The van der Waals surface area contributed by atoms with E-state index in [1.807, 2.05) is 176 Å². The minimum absolute atomic E-state index is 0.202. The maximum Gasteiger partial charge on any atom is 0.337 e. The summed E-state index contributed by atoms with van der Waals surface area (Å²) in [5, 5.41) is 81.1. The molecule has 6 N–H and O–H groups in total. The van der Waals surface area contributed by atoms with Crippen LogP contribution in [-0.2, 0) is 4.74 Å². The Morgan fingerprint density at radius 2 is 0.463 bits per heavy atom. The number of carboxylic acid groups (broad SMARTS) is 6. The van der Waals surface area contributed by atoms with E-state index in [0.717, 1.165) is 79.4 Å². The van der Waals surface area contributed by atoms with Crippen molar-refractivity contribution in [3.05, 3.63) is 409 Å². The van der Waals surface area contributed by atoms with Gasteiger partial charge >= 0.3 is 41.8 Å². The highest BCUT2D eigenvalue weighted by Crippen LogP contribution is 2.30. The molecule has 0 spiro atoms. The average Bonchev–Trinajstić information content (AvgIpc) is 1.69. The normalized spacial score (nSPS) is 10.4. The number of carbonyl (C=O) groups is 7. The first-order valence-corrected chi connectivity index (χ1v) is 40.7. The van der Waals surface area contributed by atoms with Gasteiger partial charge in [-0.25, -0.2) is 66.0 Å². The smallest absolute Gasteiger partial charge is 0.337 e. The van der Waals surface area contributed by atoms with E-state index in [0.29, 0.717) is 56.4 Å². The van der Waals surface area contributed by atoms with Gasteiger partial charge in [0.2, 0.25) is 0 Å². The lowest BCUT2D eigenvalue weighted by Gasteiger charge is -2.04. The summed E-state index contributed by atoms with van der Waals surface area (Å²) >= 11 is 0. The second-order valence-electron chi connectivity index (χ2n) is 29.0.